The minimum atomic E-state index is -0.250. The monoisotopic (exact) mass is 366 g/mol. The highest BCUT2D eigenvalue weighted by Gasteiger charge is 2.14. The number of nitrogens with zero attached hydrogens (tertiary/aromatic N) is 5. The number of amides is 1. The summed E-state index contributed by atoms with van der Waals surface area (Å²) in [4.78, 5) is 16.8. The van der Waals surface area contributed by atoms with Crippen molar-refractivity contribution in [3.8, 4) is 17.1 Å². The molecule has 0 unspecified atom stereocenters. The Kier molecular flexibility index (Phi) is 4.28. The smallest absolute Gasteiger partial charge is 0.248 e. The lowest BCUT2D eigenvalue weighted by Crippen LogP contribution is -2.20. The first-order valence-corrected chi connectivity index (χ1v) is 8.60. The molecule has 4 rings (SSSR count). The zero-order valence-corrected chi connectivity index (χ0v) is 14.6. The number of ether oxygens (including phenoxy) is 1. The van der Waals surface area contributed by atoms with Crippen LogP contribution in [-0.4, -0.2) is 38.2 Å². The third-order valence-corrected chi connectivity index (χ3v) is 4.63. The van der Waals surface area contributed by atoms with E-state index in [1.807, 2.05) is 48.5 Å². The molecule has 0 fully saturated rings. The summed E-state index contributed by atoms with van der Waals surface area (Å²) in [6.45, 7) is -0.00350. The Balaban J connectivity index is 1.51. The molecule has 0 spiro atoms. The van der Waals surface area contributed by atoms with Crippen LogP contribution in [0.5, 0.6) is 5.75 Å². The molecule has 0 atom stereocenters. The van der Waals surface area contributed by atoms with Crippen molar-refractivity contribution in [2.24, 2.45) is 0 Å². The number of benzene rings is 2. The van der Waals surface area contributed by atoms with Gasteiger partial charge in [0.1, 0.15) is 12.3 Å². The normalized spacial score (nSPS) is 10.8. The van der Waals surface area contributed by atoms with Crippen molar-refractivity contribution in [1.82, 2.24) is 25.2 Å². The molecule has 2 aromatic carbocycles. The summed E-state index contributed by atoms with van der Waals surface area (Å²) < 4.78 is 7.60. The first-order valence-electron chi connectivity index (χ1n) is 7.79. The fraction of sp³-hybridized carbons (Fsp3) is 0.118. The van der Waals surface area contributed by atoms with Gasteiger partial charge in [0.2, 0.25) is 5.91 Å². The number of nitrogens with one attached hydrogen (secondary N) is 1. The summed E-state index contributed by atoms with van der Waals surface area (Å²) in [6.07, 6.45) is 0. The number of carbonyl (C=O) groups is 1. The standard InChI is InChI=1S/C17H14N6O2S/c1-25-12-7-8-13-14(9-12)26-17(18-13)19-15(24)10-23-16(20-21-22-23)11-5-3-2-4-6-11/h2-9H,10H2,1H3,(H,18,19,24). The van der Waals surface area contributed by atoms with Gasteiger partial charge in [0.05, 0.1) is 17.3 Å². The number of carbonyl (C=O) groups excluding carboxylic acids is 1. The van der Waals surface area contributed by atoms with E-state index in [1.54, 1.807) is 7.11 Å². The number of tetrazole rings is 1. The van der Waals surface area contributed by atoms with E-state index in [9.17, 15) is 4.79 Å². The molecule has 1 N–H and O–H groups in total. The average Bonchev–Trinajstić information content (AvgIpc) is 3.27. The summed E-state index contributed by atoms with van der Waals surface area (Å²) in [5.74, 6) is 1.04. The van der Waals surface area contributed by atoms with E-state index in [0.717, 1.165) is 21.5 Å². The van der Waals surface area contributed by atoms with E-state index >= 15 is 0 Å². The minimum Gasteiger partial charge on any atom is -0.497 e. The maximum atomic E-state index is 12.4. The topological polar surface area (TPSA) is 94.8 Å². The van der Waals surface area contributed by atoms with Crippen LogP contribution in [0.1, 0.15) is 0 Å². The van der Waals surface area contributed by atoms with E-state index in [4.69, 9.17) is 4.74 Å². The third kappa shape index (κ3) is 3.24. The van der Waals surface area contributed by atoms with E-state index in [0.29, 0.717) is 11.0 Å². The van der Waals surface area contributed by atoms with Crippen molar-refractivity contribution >= 4 is 32.6 Å². The maximum Gasteiger partial charge on any atom is 0.248 e. The van der Waals surface area contributed by atoms with Crippen LogP contribution >= 0.6 is 11.3 Å². The molecule has 0 bridgehead atoms. The molecular weight excluding hydrogens is 352 g/mol. The highest BCUT2D eigenvalue weighted by Crippen LogP contribution is 2.29. The van der Waals surface area contributed by atoms with Crippen molar-refractivity contribution in [3.63, 3.8) is 0 Å². The van der Waals surface area contributed by atoms with Gasteiger partial charge < -0.3 is 10.1 Å². The van der Waals surface area contributed by atoms with Crippen LogP contribution in [0.25, 0.3) is 21.6 Å². The van der Waals surface area contributed by atoms with Gasteiger partial charge in [-0.25, -0.2) is 9.67 Å². The first kappa shape index (κ1) is 16.2. The molecule has 0 aliphatic heterocycles. The van der Waals surface area contributed by atoms with Crippen LogP contribution in [0, 0.1) is 0 Å². The van der Waals surface area contributed by atoms with Gasteiger partial charge in [-0.1, -0.05) is 41.7 Å². The number of aromatic nitrogens is 5. The molecule has 26 heavy (non-hydrogen) atoms. The fourth-order valence-corrected chi connectivity index (χ4v) is 3.40. The molecule has 0 saturated heterocycles. The molecule has 130 valence electrons. The lowest BCUT2D eigenvalue weighted by Gasteiger charge is -2.04. The number of hydrogen-bond donors (Lipinski definition) is 1. The first-order chi connectivity index (χ1) is 12.7. The number of anilines is 1. The van der Waals surface area contributed by atoms with Gasteiger partial charge in [0.15, 0.2) is 11.0 Å². The van der Waals surface area contributed by atoms with Gasteiger partial charge in [-0.2, -0.15) is 0 Å². The number of rotatable bonds is 5. The van der Waals surface area contributed by atoms with Crippen LogP contribution in [0.15, 0.2) is 48.5 Å². The molecule has 4 aromatic rings. The molecule has 0 aliphatic carbocycles. The molecule has 8 nitrogen and oxygen atoms in total. The highest BCUT2D eigenvalue weighted by atomic mass is 32.1. The molecule has 9 heteroatoms. The van der Waals surface area contributed by atoms with Gasteiger partial charge >= 0.3 is 0 Å². The molecule has 1 amide bonds. The summed E-state index contributed by atoms with van der Waals surface area (Å²) >= 11 is 1.38. The Morgan fingerprint density at radius 1 is 1.23 bits per heavy atom. The van der Waals surface area contributed by atoms with Crippen molar-refractivity contribution in [2.45, 2.75) is 6.54 Å². The quantitative estimate of drug-likeness (QED) is 0.583. The second kappa shape index (κ2) is 6.89. The largest absolute Gasteiger partial charge is 0.497 e. The van der Waals surface area contributed by atoms with Crippen LogP contribution < -0.4 is 10.1 Å². The predicted molar refractivity (Wildman–Crippen MR) is 98.1 cm³/mol. The van der Waals surface area contributed by atoms with Crippen LogP contribution in [0.3, 0.4) is 0 Å². The van der Waals surface area contributed by atoms with E-state index < -0.39 is 0 Å². The molecule has 0 radical (unpaired) electrons. The van der Waals surface area contributed by atoms with Gasteiger partial charge in [-0.15, -0.1) is 5.10 Å². The van der Waals surface area contributed by atoms with E-state index in [-0.39, 0.29) is 12.5 Å². The molecular formula is C17H14N6O2S. The van der Waals surface area contributed by atoms with Crippen LogP contribution in [0.2, 0.25) is 0 Å². The van der Waals surface area contributed by atoms with Gasteiger partial charge in [-0.3, -0.25) is 4.79 Å². The van der Waals surface area contributed by atoms with Crippen LogP contribution in [-0.2, 0) is 11.3 Å². The lowest BCUT2D eigenvalue weighted by atomic mass is 10.2. The van der Waals surface area contributed by atoms with Crippen LogP contribution in [0.4, 0.5) is 5.13 Å². The van der Waals surface area contributed by atoms with Crippen molar-refractivity contribution in [1.29, 1.82) is 0 Å². The second-order valence-electron chi connectivity index (χ2n) is 5.43. The number of thiazole rings is 1. The van der Waals surface area contributed by atoms with Crippen molar-refractivity contribution < 1.29 is 9.53 Å². The molecule has 2 aromatic heterocycles. The Hall–Kier alpha value is -3.33. The Morgan fingerprint density at radius 3 is 2.88 bits per heavy atom. The zero-order chi connectivity index (χ0) is 17.9. The lowest BCUT2D eigenvalue weighted by molar-refractivity contribution is -0.116. The average molecular weight is 366 g/mol. The van der Waals surface area contributed by atoms with Gasteiger partial charge in [0, 0.05) is 5.56 Å². The van der Waals surface area contributed by atoms with Crippen molar-refractivity contribution in [3.05, 3.63) is 48.5 Å². The number of methoxy groups -OCH3 is 1. The summed E-state index contributed by atoms with van der Waals surface area (Å²) in [7, 11) is 1.61. The molecule has 0 aliphatic rings. The predicted octanol–water partition coefficient (Wildman–Crippen LogP) is 2.60. The Bertz CT molecular complexity index is 1060. The van der Waals surface area contributed by atoms with Gasteiger partial charge in [-0.05, 0) is 28.6 Å². The maximum absolute atomic E-state index is 12.4. The van der Waals surface area contributed by atoms with E-state index in [2.05, 4.69) is 25.8 Å². The Morgan fingerprint density at radius 2 is 2.08 bits per heavy atom. The van der Waals surface area contributed by atoms with Gasteiger partial charge in [0.25, 0.3) is 0 Å². The molecule has 0 saturated carbocycles. The highest BCUT2D eigenvalue weighted by molar-refractivity contribution is 7.22. The number of hydrogen-bond acceptors (Lipinski definition) is 7. The zero-order valence-electron chi connectivity index (χ0n) is 13.8. The summed E-state index contributed by atoms with van der Waals surface area (Å²) in [6, 6.07) is 15.1. The van der Waals surface area contributed by atoms with E-state index in [1.165, 1.54) is 16.0 Å². The molecule has 2 heterocycles. The van der Waals surface area contributed by atoms with Crippen molar-refractivity contribution in [2.75, 3.05) is 12.4 Å². The number of fused-ring (bicyclic) bond motifs is 1. The summed E-state index contributed by atoms with van der Waals surface area (Å²) in [5.41, 5.74) is 1.65. The summed E-state index contributed by atoms with van der Waals surface area (Å²) in [5, 5.41) is 14.9. The Labute approximate surface area is 152 Å². The minimum absolute atomic E-state index is 0.00350. The second-order valence-corrected chi connectivity index (χ2v) is 6.46. The third-order valence-electron chi connectivity index (χ3n) is 3.70. The fourth-order valence-electron chi connectivity index (χ4n) is 2.49. The SMILES string of the molecule is COc1ccc2nc(NC(=O)Cn3nnnc3-c3ccccc3)sc2c1.